The quantitative estimate of drug-likeness (QED) is 0.681. The normalized spacial score (nSPS) is 10.7. The molecule has 0 unspecified atom stereocenters. The molecule has 0 saturated carbocycles. The van der Waals surface area contributed by atoms with Gasteiger partial charge in [0.05, 0.1) is 0 Å². The molecular weight excluding hydrogens is 255 g/mol. The van der Waals surface area contributed by atoms with Gasteiger partial charge in [0.15, 0.2) is 0 Å². The van der Waals surface area contributed by atoms with Gasteiger partial charge in [0.25, 0.3) is 8.38 Å². The van der Waals surface area contributed by atoms with E-state index in [1.807, 2.05) is 60.7 Å². The molecule has 2 aromatic carbocycles. The van der Waals surface area contributed by atoms with Crippen molar-refractivity contribution >= 4 is 8.38 Å². The Hall–Kier alpha value is -1.53. The first-order chi connectivity index (χ1) is 9.24. The highest BCUT2D eigenvalue weighted by atomic mass is 31.2. The van der Waals surface area contributed by atoms with E-state index in [1.165, 1.54) is 0 Å². The molecule has 0 fully saturated rings. The third-order valence-corrected chi connectivity index (χ3v) is 4.27. The Bertz CT molecular complexity index is 429. The number of rotatable bonds is 6. The molecule has 3 heteroatoms. The van der Waals surface area contributed by atoms with E-state index in [-0.39, 0.29) is 0 Å². The predicted octanol–water partition coefficient (Wildman–Crippen LogP) is 5.11. The van der Waals surface area contributed by atoms with E-state index >= 15 is 0 Å². The van der Waals surface area contributed by atoms with E-state index in [4.69, 9.17) is 9.05 Å². The van der Waals surface area contributed by atoms with Crippen molar-refractivity contribution in [2.75, 3.05) is 6.16 Å². The third-order valence-electron chi connectivity index (χ3n) is 2.42. The van der Waals surface area contributed by atoms with Gasteiger partial charge >= 0.3 is 0 Å². The van der Waals surface area contributed by atoms with Gasteiger partial charge in [0.2, 0.25) is 0 Å². The average molecular weight is 274 g/mol. The topological polar surface area (TPSA) is 18.5 Å². The van der Waals surface area contributed by atoms with E-state index in [1.54, 1.807) is 0 Å². The van der Waals surface area contributed by atoms with Gasteiger partial charge in [-0.15, -0.1) is 0 Å². The van der Waals surface area contributed by atoms with E-state index in [9.17, 15) is 0 Å². The van der Waals surface area contributed by atoms with Gasteiger partial charge in [-0.3, -0.25) is 0 Å². The summed E-state index contributed by atoms with van der Waals surface area (Å²) in [5.41, 5.74) is 0. The van der Waals surface area contributed by atoms with Crippen LogP contribution in [-0.4, -0.2) is 6.16 Å². The zero-order chi connectivity index (χ0) is 13.5. The third kappa shape index (κ3) is 4.92. The van der Waals surface area contributed by atoms with E-state index < -0.39 is 8.38 Å². The molecule has 0 aliphatic carbocycles. The fourth-order valence-corrected chi connectivity index (χ4v) is 3.09. The molecule has 0 spiro atoms. The van der Waals surface area contributed by atoms with Crippen LogP contribution in [0.4, 0.5) is 0 Å². The Kier molecular flexibility index (Phi) is 5.23. The van der Waals surface area contributed by atoms with Crippen molar-refractivity contribution in [1.29, 1.82) is 0 Å². The van der Waals surface area contributed by atoms with Crippen molar-refractivity contribution in [2.45, 2.75) is 13.8 Å². The van der Waals surface area contributed by atoms with Crippen molar-refractivity contribution in [3.8, 4) is 11.5 Å². The minimum absolute atomic E-state index is 0.540. The molecule has 0 aliphatic rings. The molecule has 0 heterocycles. The minimum Gasteiger partial charge on any atom is -0.439 e. The lowest BCUT2D eigenvalue weighted by Crippen LogP contribution is -2.04. The SMILES string of the molecule is CC(C)CP(Oc1ccccc1)Oc1ccccc1. The molecule has 2 rings (SSSR count). The van der Waals surface area contributed by atoms with Crippen LogP contribution in [0.2, 0.25) is 0 Å². The lowest BCUT2D eigenvalue weighted by molar-refractivity contribution is 0.479. The second-order valence-corrected chi connectivity index (χ2v) is 6.11. The van der Waals surface area contributed by atoms with Crippen LogP contribution >= 0.6 is 8.38 Å². The molecule has 0 atom stereocenters. The van der Waals surface area contributed by atoms with Crippen molar-refractivity contribution in [2.24, 2.45) is 5.92 Å². The first kappa shape index (κ1) is 13.9. The molecule has 0 radical (unpaired) electrons. The summed E-state index contributed by atoms with van der Waals surface area (Å²) in [4.78, 5) is 0. The van der Waals surface area contributed by atoms with Gasteiger partial charge < -0.3 is 9.05 Å². The number of hydrogen-bond donors (Lipinski definition) is 0. The van der Waals surface area contributed by atoms with Gasteiger partial charge in [0, 0.05) is 6.16 Å². The predicted molar refractivity (Wildman–Crippen MR) is 80.8 cm³/mol. The summed E-state index contributed by atoms with van der Waals surface area (Å²) in [6, 6.07) is 19.7. The van der Waals surface area contributed by atoms with Gasteiger partial charge in [-0.05, 0) is 30.2 Å². The first-order valence-electron chi connectivity index (χ1n) is 6.47. The summed E-state index contributed by atoms with van der Waals surface area (Å²) in [5, 5.41) is 0. The molecule has 0 amide bonds. The minimum atomic E-state index is -0.953. The van der Waals surface area contributed by atoms with Gasteiger partial charge in [0.1, 0.15) is 11.5 Å². The molecule has 0 N–H and O–H groups in total. The van der Waals surface area contributed by atoms with E-state index in [0.717, 1.165) is 17.7 Å². The monoisotopic (exact) mass is 274 g/mol. The van der Waals surface area contributed by atoms with Crippen LogP contribution in [0.25, 0.3) is 0 Å². The number of para-hydroxylation sites is 2. The van der Waals surface area contributed by atoms with Crippen LogP contribution in [0.3, 0.4) is 0 Å². The van der Waals surface area contributed by atoms with Crippen molar-refractivity contribution in [3.05, 3.63) is 60.7 Å². The van der Waals surface area contributed by atoms with E-state index in [2.05, 4.69) is 13.8 Å². The number of hydrogen-bond acceptors (Lipinski definition) is 2. The van der Waals surface area contributed by atoms with Crippen LogP contribution < -0.4 is 9.05 Å². The van der Waals surface area contributed by atoms with Crippen LogP contribution in [0, 0.1) is 5.92 Å². The Labute approximate surface area is 116 Å². The molecule has 100 valence electrons. The molecular formula is C16H19O2P. The van der Waals surface area contributed by atoms with Crippen LogP contribution in [0.1, 0.15) is 13.8 Å². The molecule has 2 nitrogen and oxygen atoms in total. The Morgan fingerprint density at radius 3 is 1.58 bits per heavy atom. The van der Waals surface area contributed by atoms with Gasteiger partial charge in [-0.2, -0.15) is 0 Å². The Morgan fingerprint density at radius 2 is 1.21 bits per heavy atom. The van der Waals surface area contributed by atoms with Crippen molar-refractivity contribution < 1.29 is 9.05 Å². The zero-order valence-electron chi connectivity index (χ0n) is 11.3. The maximum atomic E-state index is 5.97. The largest absolute Gasteiger partial charge is 0.439 e. The van der Waals surface area contributed by atoms with Crippen LogP contribution in [-0.2, 0) is 0 Å². The fourth-order valence-electron chi connectivity index (χ4n) is 1.59. The lowest BCUT2D eigenvalue weighted by Gasteiger charge is -2.20. The Morgan fingerprint density at radius 1 is 0.789 bits per heavy atom. The maximum absolute atomic E-state index is 5.97. The highest BCUT2D eigenvalue weighted by molar-refractivity contribution is 7.48. The highest BCUT2D eigenvalue weighted by Crippen LogP contribution is 2.41. The summed E-state index contributed by atoms with van der Waals surface area (Å²) in [6.45, 7) is 4.36. The fraction of sp³-hybridized carbons (Fsp3) is 0.250. The molecule has 0 aromatic heterocycles. The van der Waals surface area contributed by atoms with Crippen LogP contribution in [0.5, 0.6) is 11.5 Å². The van der Waals surface area contributed by atoms with Crippen molar-refractivity contribution in [1.82, 2.24) is 0 Å². The van der Waals surface area contributed by atoms with E-state index in [0.29, 0.717) is 5.92 Å². The summed E-state index contributed by atoms with van der Waals surface area (Å²) >= 11 is 0. The Balaban J connectivity index is 2.03. The highest BCUT2D eigenvalue weighted by Gasteiger charge is 2.16. The molecule has 0 aliphatic heterocycles. The second-order valence-electron chi connectivity index (χ2n) is 4.72. The second kappa shape index (κ2) is 7.16. The molecule has 2 aromatic rings. The first-order valence-corrected chi connectivity index (χ1v) is 7.84. The molecule has 0 bridgehead atoms. The summed E-state index contributed by atoms with van der Waals surface area (Å²) in [6.07, 6.45) is 0.916. The van der Waals surface area contributed by atoms with Crippen molar-refractivity contribution in [3.63, 3.8) is 0 Å². The summed E-state index contributed by atoms with van der Waals surface area (Å²) < 4.78 is 11.9. The van der Waals surface area contributed by atoms with Crippen LogP contribution in [0.15, 0.2) is 60.7 Å². The summed E-state index contributed by atoms with van der Waals surface area (Å²) in [5.74, 6) is 2.27. The molecule has 0 saturated heterocycles. The average Bonchev–Trinajstić information content (AvgIpc) is 2.40. The maximum Gasteiger partial charge on any atom is 0.290 e. The molecule has 19 heavy (non-hydrogen) atoms. The van der Waals surface area contributed by atoms with Gasteiger partial charge in [-0.25, -0.2) is 0 Å². The smallest absolute Gasteiger partial charge is 0.290 e. The van der Waals surface area contributed by atoms with Gasteiger partial charge in [-0.1, -0.05) is 50.2 Å². The summed E-state index contributed by atoms with van der Waals surface area (Å²) in [7, 11) is -0.953. The zero-order valence-corrected chi connectivity index (χ0v) is 12.2. The standard InChI is InChI=1S/C16H19O2P/c1-14(2)13-19(17-15-9-5-3-6-10-15)18-16-11-7-4-8-12-16/h3-12,14H,13H2,1-2H3. The lowest BCUT2D eigenvalue weighted by atomic mass is 10.3. The number of benzene rings is 2.